The Morgan fingerprint density at radius 1 is 1.17 bits per heavy atom. The Hall–Kier alpha value is -1.95. The van der Waals surface area contributed by atoms with Crippen LogP contribution in [0.15, 0.2) is 23.5 Å². The van der Waals surface area contributed by atoms with Crippen LogP contribution in [0.25, 0.3) is 0 Å². The number of fused-ring (bicyclic) bond motifs is 5. The summed E-state index contributed by atoms with van der Waals surface area (Å²) >= 11 is 0. The zero-order valence-corrected chi connectivity index (χ0v) is 18.2. The van der Waals surface area contributed by atoms with Gasteiger partial charge in [-0.05, 0) is 74.3 Å². The Balaban J connectivity index is 1.67. The second kappa shape index (κ2) is 6.78. The third-order valence-electron chi connectivity index (χ3n) is 9.06. The molecule has 4 rings (SSSR count). The van der Waals surface area contributed by atoms with Crippen LogP contribution >= 0.6 is 0 Å². The van der Waals surface area contributed by atoms with E-state index in [-0.39, 0.29) is 35.2 Å². The molecule has 0 heterocycles. The number of aliphatic hydroxyl groups excluding tert-OH is 1. The lowest BCUT2D eigenvalue weighted by molar-refractivity contribution is -0.169. The van der Waals surface area contributed by atoms with E-state index in [0.717, 1.165) is 24.8 Å². The standard InChI is InChI=1S/C24H32O6/c1-13-9-16-17-6-8-24(29,21(28)12-30-14(2)25)22(17,3)7-5-18(16)23(4)19(13)10-15(26)11-20(23)27/h10-11,13,16-18,27,29H,5-9,12H2,1-4H3/t13?,16-,17-,18-,22-,23+,24-/m0/s1. The summed E-state index contributed by atoms with van der Waals surface area (Å²) < 4.78 is 4.91. The summed E-state index contributed by atoms with van der Waals surface area (Å²) in [5, 5.41) is 22.4. The first-order valence-corrected chi connectivity index (χ1v) is 11.0. The highest BCUT2D eigenvalue weighted by atomic mass is 16.5. The van der Waals surface area contributed by atoms with Crippen molar-refractivity contribution in [3.8, 4) is 0 Å². The quantitative estimate of drug-likeness (QED) is 0.685. The minimum absolute atomic E-state index is 0.133. The van der Waals surface area contributed by atoms with Gasteiger partial charge in [0.15, 0.2) is 12.4 Å². The molecule has 6 heteroatoms. The summed E-state index contributed by atoms with van der Waals surface area (Å²) in [5.74, 6) is -0.279. The van der Waals surface area contributed by atoms with Crippen LogP contribution in [0.3, 0.4) is 0 Å². The number of carbonyl (C=O) groups is 3. The Labute approximate surface area is 177 Å². The van der Waals surface area contributed by atoms with Crippen LogP contribution in [0.4, 0.5) is 0 Å². The molecule has 0 aromatic rings. The third-order valence-corrected chi connectivity index (χ3v) is 9.06. The zero-order valence-electron chi connectivity index (χ0n) is 18.2. The van der Waals surface area contributed by atoms with Gasteiger partial charge in [-0.2, -0.15) is 0 Å². The summed E-state index contributed by atoms with van der Waals surface area (Å²) in [7, 11) is 0. The number of hydrogen-bond donors (Lipinski definition) is 2. The summed E-state index contributed by atoms with van der Waals surface area (Å²) in [5.41, 5.74) is -1.65. The Kier molecular flexibility index (Phi) is 4.81. The fraction of sp³-hybridized carbons (Fsp3) is 0.708. The number of Topliss-reactive ketones (excluding diaryl/α,β-unsaturated/α-hetero) is 1. The van der Waals surface area contributed by atoms with Crippen LogP contribution in [-0.2, 0) is 19.1 Å². The molecule has 0 aliphatic heterocycles. The fourth-order valence-corrected chi connectivity index (χ4v) is 7.46. The van der Waals surface area contributed by atoms with Gasteiger partial charge in [-0.3, -0.25) is 14.4 Å². The predicted octanol–water partition coefficient (Wildman–Crippen LogP) is 3.29. The minimum Gasteiger partial charge on any atom is -0.511 e. The number of rotatable bonds is 3. The van der Waals surface area contributed by atoms with Gasteiger partial charge < -0.3 is 14.9 Å². The number of carbonyl (C=O) groups excluding carboxylic acids is 3. The fourth-order valence-electron chi connectivity index (χ4n) is 7.46. The van der Waals surface area contributed by atoms with Gasteiger partial charge in [0, 0.05) is 23.8 Å². The Bertz CT molecular complexity index is 871. The molecule has 4 aliphatic rings. The molecule has 0 saturated heterocycles. The van der Waals surface area contributed by atoms with Crippen molar-refractivity contribution < 1.29 is 29.3 Å². The maximum absolute atomic E-state index is 12.9. The van der Waals surface area contributed by atoms with Gasteiger partial charge in [0.2, 0.25) is 5.78 Å². The Morgan fingerprint density at radius 3 is 2.50 bits per heavy atom. The van der Waals surface area contributed by atoms with Gasteiger partial charge in [-0.15, -0.1) is 0 Å². The molecule has 3 fully saturated rings. The van der Waals surface area contributed by atoms with Crippen molar-refractivity contribution in [2.24, 2.45) is 34.5 Å². The van der Waals surface area contributed by atoms with Crippen molar-refractivity contribution in [1.29, 1.82) is 0 Å². The molecule has 1 unspecified atom stereocenters. The second-order valence-corrected chi connectivity index (χ2v) is 10.3. The van der Waals surface area contributed by atoms with Crippen LogP contribution in [0.1, 0.15) is 59.8 Å². The van der Waals surface area contributed by atoms with E-state index in [4.69, 9.17) is 4.74 Å². The van der Waals surface area contributed by atoms with Gasteiger partial charge in [0.05, 0.1) is 0 Å². The molecule has 7 atom stereocenters. The molecule has 6 nitrogen and oxygen atoms in total. The first-order chi connectivity index (χ1) is 13.9. The molecule has 0 aromatic heterocycles. The van der Waals surface area contributed by atoms with Crippen molar-refractivity contribution in [2.75, 3.05) is 6.61 Å². The lowest BCUT2D eigenvalue weighted by Crippen LogP contribution is -2.59. The molecule has 0 radical (unpaired) electrons. The molecule has 164 valence electrons. The van der Waals surface area contributed by atoms with E-state index >= 15 is 0 Å². The number of hydrogen-bond acceptors (Lipinski definition) is 6. The molecule has 0 amide bonds. The molecular weight excluding hydrogens is 384 g/mol. The average Bonchev–Trinajstić information content (AvgIpc) is 2.94. The van der Waals surface area contributed by atoms with E-state index in [1.54, 1.807) is 6.08 Å². The minimum atomic E-state index is -1.50. The van der Waals surface area contributed by atoms with Crippen LogP contribution in [0.2, 0.25) is 0 Å². The highest BCUT2D eigenvalue weighted by molar-refractivity contribution is 6.01. The second-order valence-electron chi connectivity index (χ2n) is 10.3. The van der Waals surface area contributed by atoms with E-state index in [1.165, 1.54) is 13.0 Å². The van der Waals surface area contributed by atoms with E-state index in [9.17, 15) is 24.6 Å². The molecule has 3 saturated carbocycles. The van der Waals surface area contributed by atoms with Crippen molar-refractivity contribution in [3.63, 3.8) is 0 Å². The molecule has 0 bridgehead atoms. The number of aliphatic hydroxyl groups is 2. The summed E-state index contributed by atoms with van der Waals surface area (Å²) in [6, 6.07) is 0. The monoisotopic (exact) mass is 416 g/mol. The van der Waals surface area contributed by atoms with Crippen LogP contribution < -0.4 is 0 Å². The topological polar surface area (TPSA) is 101 Å². The predicted molar refractivity (Wildman–Crippen MR) is 109 cm³/mol. The zero-order chi connectivity index (χ0) is 22.1. The molecule has 0 spiro atoms. The van der Waals surface area contributed by atoms with Crippen molar-refractivity contribution in [2.45, 2.75) is 65.4 Å². The smallest absolute Gasteiger partial charge is 0.303 e. The van der Waals surface area contributed by atoms with Crippen molar-refractivity contribution in [1.82, 2.24) is 0 Å². The molecule has 0 aromatic carbocycles. The van der Waals surface area contributed by atoms with Gasteiger partial charge >= 0.3 is 5.97 Å². The van der Waals surface area contributed by atoms with Crippen molar-refractivity contribution in [3.05, 3.63) is 23.5 Å². The van der Waals surface area contributed by atoms with Crippen LogP contribution in [0.5, 0.6) is 0 Å². The highest BCUT2D eigenvalue weighted by Crippen LogP contribution is 2.68. The first kappa shape index (κ1) is 21.3. The Morgan fingerprint density at radius 2 is 1.83 bits per heavy atom. The normalized spacial score (nSPS) is 44.9. The molecule has 4 aliphatic carbocycles. The molecule has 2 N–H and O–H groups in total. The van der Waals surface area contributed by atoms with Gasteiger partial charge in [-0.25, -0.2) is 0 Å². The number of ketones is 2. The van der Waals surface area contributed by atoms with Gasteiger partial charge in [0.1, 0.15) is 11.4 Å². The van der Waals surface area contributed by atoms with Crippen LogP contribution in [-0.4, -0.2) is 40.0 Å². The van der Waals surface area contributed by atoms with E-state index in [2.05, 4.69) is 6.92 Å². The highest BCUT2D eigenvalue weighted by Gasteiger charge is 2.67. The first-order valence-electron chi connectivity index (χ1n) is 11.0. The SMILES string of the molecule is CC(=O)OCC(=O)[C@@]1(O)CC[C@H]2[C@@H]3CC(C)C4=CC(=O)C=C(O)[C@]4(C)[C@H]3CC[C@@]21C. The third kappa shape index (κ3) is 2.68. The van der Waals surface area contributed by atoms with Gasteiger partial charge in [0.25, 0.3) is 0 Å². The summed E-state index contributed by atoms with van der Waals surface area (Å²) in [6.45, 7) is 7.01. The number of allylic oxidation sites excluding steroid dienone is 3. The number of ether oxygens (including phenoxy) is 1. The lowest BCUT2D eigenvalue weighted by Gasteiger charge is -2.59. The van der Waals surface area contributed by atoms with Crippen molar-refractivity contribution >= 4 is 17.5 Å². The van der Waals surface area contributed by atoms with Crippen LogP contribution in [0, 0.1) is 34.5 Å². The van der Waals surface area contributed by atoms with E-state index in [0.29, 0.717) is 12.8 Å². The molecule has 30 heavy (non-hydrogen) atoms. The number of esters is 1. The lowest BCUT2D eigenvalue weighted by atomic mass is 9.45. The van der Waals surface area contributed by atoms with E-state index in [1.807, 2.05) is 13.8 Å². The summed E-state index contributed by atoms with van der Waals surface area (Å²) in [6.07, 6.45) is 6.42. The molecular formula is C24H32O6. The maximum Gasteiger partial charge on any atom is 0.303 e. The largest absolute Gasteiger partial charge is 0.511 e. The van der Waals surface area contributed by atoms with E-state index < -0.39 is 34.8 Å². The van der Waals surface area contributed by atoms with Gasteiger partial charge in [-0.1, -0.05) is 13.8 Å². The summed E-state index contributed by atoms with van der Waals surface area (Å²) in [4.78, 5) is 36.1. The average molecular weight is 417 g/mol. The maximum atomic E-state index is 12.9.